The van der Waals surface area contributed by atoms with E-state index >= 15 is 0 Å². The van der Waals surface area contributed by atoms with Gasteiger partial charge in [0.1, 0.15) is 6.04 Å². The molecule has 1 N–H and O–H groups in total. The van der Waals surface area contributed by atoms with E-state index in [9.17, 15) is 32.3 Å². The van der Waals surface area contributed by atoms with Crippen molar-refractivity contribution >= 4 is 23.7 Å². The average molecular weight is 439 g/mol. The molecule has 11 heteroatoms. The quantitative estimate of drug-likeness (QED) is 0.720. The molecule has 0 aliphatic carbocycles. The van der Waals surface area contributed by atoms with Crippen molar-refractivity contribution in [1.29, 1.82) is 0 Å². The molecule has 3 aliphatic heterocycles. The van der Waals surface area contributed by atoms with E-state index in [1.165, 1.54) is 4.90 Å². The minimum atomic E-state index is -5.36. The fraction of sp³-hybridized carbons (Fsp3) is 0.500. The first kappa shape index (κ1) is 21.3. The summed E-state index contributed by atoms with van der Waals surface area (Å²) in [5.74, 6) is -5.05. The number of fused-ring (bicyclic) bond motifs is 1. The molecule has 31 heavy (non-hydrogen) atoms. The topological polar surface area (TPSA) is 96.0 Å². The average Bonchev–Trinajstić information content (AvgIpc) is 3.07. The van der Waals surface area contributed by atoms with Crippen LogP contribution in [0, 0.1) is 0 Å². The van der Waals surface area contributed by atoms with Gasteiger partial charge in [0.15, 0.2) is 0 Å². The lowest BCUT2D eigenvalue weighted by Crippen LogP contribution is -2.55. The lowest BCUT2D eigenvalue weighted by Gasteiger charge is -2.34. The second kappa shape index (κ2) is 7.95. The first-order valence-corrected chi connectivity index (χ1v) is 9.98. The maximum Gasteiger partial charge on any atom is 0.493 e. The molecular formula is C20H20F3N3O5. The van der Waals surface area contributed by atoms with Crippen LogP contribution < -0.4 is 5.32 Å². The lowest BCUT2D eigenvalue weighted by atomic mass is 9.86. The van der Waals surface area contributed by atoms with Crippen molar-refractivity contribution in [2.75, 3.05) is 13.1 Å². The minimum absolute atomic E-state index is 0.0554. The molecule has 166 valence electrons. The van der Waals surface area contributed by atoms with Crippen LogP contribution in [0.25, 0.3) is 0 Å². The highest BCUT2D eigenvalue weighted by molar-refractivity contribution is 6.05. The van der Waals surface area contributed by atoms with Gasteiger partial charge in [0.05, 0.1) is 0 Å². The minimum Gasteiger partial charge on any atom is -0.322 e. The maximum atomic E-state index is 13.0. The molecule has 1 aromatic carbocycles. The molecule has 1 unspecified atom stereocenters. The van der Waals surface area contributed by atoms with Crippen LogP contribution >= 0.6 is 0 Å². The van der Waals surface area contributed by atoms with E-state index in [1.54, 1.807) is 12.1 Å². The Balaban J connectivity index is 1.56. The Labute approximate surface area is 175 Å². The summed E-state index contributed by atoms with van der Waals surface area (Å²) in [6.07, 6.45) is -3.94. The zero-order chi connectivity index (χ0) is 22.3. The van der Waals surface area contributed by atoms with E-state index in [2.05, 4.69) is 10.2 Å². The van der Waals surface area contributed by atoms with Crippen molar-refractivity contribution in [3.8, 4) is 0 Å². The summed E-state index contributed by atoms with van der Waals surface area (Å²) in [5.41, 5.74) is 2.26. The van der Waals surface area contributed by atoms with Gasteiger partial charge in [0, 0.05) is 18.5 Å². The lowest BCUT2D eigenvalue weighted by molar-refractivity contribution is -0.238. The number of carbonyl (C=O) groups excluding carboxylic acids is 4. The summed E-state index contributed by atoms with van der Waals surface area (Å²) in [6, 6.07) is 4.19. The molecule has 0 aromatic heterocycles. The second-order valence-corrected chi connectivity index (χ2v) is 7.79. The molecular weight excluding hydrogens is 419 g/mol. The molecule has 0 spiro atoms. The molecule has 8 nitrogen and oxygen atoms in total. The van der Waals surface area contributed by atoms with Crippen LogP contribution in [0.1, 0.15) is 53.1 Å². The SMILES string of the molecule is O=C1CCC(N2Cc3c(cccc3C3CCNCC3)C2=O)C(=O)N1OC(=O)C(F)(F)F. The number of benzene rings is 1. The van der Waals surface area contributed by atoms with E-state index in [-0.39, 0.29) is 30.4 Å². The van der Waals surface area contributed by atoms with Crippen LogP contribution in [0.2, 0.25) is 0 Å². The number of rotatable bonds is 3. The number of nitrogens with one attached hydrogen (secondary N) is 1. The Bertz CT molecular complexity index is 942. The van der Waals surface area contributed by atoms with Gasteiger partial charge in [0.25, 0.3) is 17.7 Å². The van der Waals surface area contributed by atoms with E-state index in [0.717, 1.165) is 37.1 Å². The Hall–Kier alpha value is -2.95. The van der Waals surface area contributed by atoms with Gasteiger partial charge in [0.2, 0.25) is 0 Å². The highest BCUT2D eigenvalue weighted by atomic mass is 19.4. The first-order chi connectivity index (χ1) is 14.7. The first-order valence-electron chi connectivity index (χ1n) is 9.98. The van der Waals surface area contributed by atoms with Crippen molar-refractivity contribution in [3.05, 3.63) is 34.9 Å². The van der Waals surface area contributed by atoms with Crippen molar-refractivity contribution in [3.63, 3.8) is 0 Å². The number of hydrogen-bond donors (Lipinski definition) is 1. The van der Waals surface area contributed by atoms with Crippen LogP contribution in [0.4, 0.5) is 13.2 Å². The van der Waals surface area contributed by atoms with Gasteiger partial charge in [-0.15, -0.1) is 5.06 Å². The summed E-state index contributed by atoms with van der Waals surface area (Å²) >= 11 is 0. The largest absolute Gasteiger partial charge is 0.493 e. The molecule has 2 saturated heterocycles. The molecule has 0 bridgehead atoms. The molecule has 4 rings (SSSR count). The van der Waals surface area contributed by atoms with Gasteiger partial charge < -0.3 is 15.1 Å². The Morgan fingerprint density at radius 3 is 2.48 bits per heavy atom. The monoisotopic (exact) mass is 439 g/mol. The van der Waals surface area contributed by atoms with Crippen LogP contribution in [0.15, 0.2) is 18.2 Å². The number of hydroxylamine groups is 2. The molecule has 3 heterocycles. The Kier molecular flexibility index (Phi) is 5.46. The highest BCUT2D eigenvalue weighted by Gasteiger charge is 2.49. The zero-order valence-corrected chi connectivity index (χ0v) is 16.4. The maximum absolute atomic E-state index is 13.0. The smallest absolute Gasteiger partial charge is 0.322 e. The molecule has 0 radical (unpaired) electrons. The van der Waals surface area contributed by atoms with Crippen molar-refractivity contribution in [1.82, 2.24) is 15.3 Å². The number of alkyl halides is 3. The van der Waals surface area contributed by atoms with Gasteiger partial charge in [-0.2, -0.15) is 13.2 Å². The summed E-state index contributed by atoms with van der Waals surface area (Å²) in [7, 11) is 0. The third kappa shape index (κ3) is 3.89. The van der Waals surface area contributed by atoms with E-state index in [4.69, 9.17) is 0 Å². The number of amides is 3. The van der Waals surface area contributed by atoms with Gasteiger partial charge in [-0.1, -0.05) is 12.1 Å². The number of imide groups is 1. The molecule has 0 saturated carbocycles. The summed E-state index contributed by atoms with van der Waals surface area (Å²) in [4.78, 5) is 54.1. The van der Waals surface area contributed by atoms with Gasteiger partial charge in [-0.05, 0) is 55.5 Å². The highest BCUT2D eigenvalue weighted by Crippen LogP contribution is 2.36. The van der Waals surface area contributed by atoms with E-state index in [1.807, 2.05) is 6.07 Å². The fourth-order valence-electron chi connectivity index (χ4n) is 4.41. The molecule has 3 aliphatic rings. The number of halogens is 3. The van der Waals surface area contributed by atoms with Crippen LogP contribution in [0.3, 0.4) is 0 Å². The number of carbonyl (C=O) groups is 4. The fourth-order valence-corrected chi connectivity index (χ4v) is 4.41. The molecule has 2 fully saturated rings. The van der Waals surface area contributed by atoms with Gasteiger partial charge in [-0.25, -0.2) is 4.79 Å². The third-order valence-corrected chi connectivity index (χ3v) is 5.94. The summed E-state index contributed by atoms with van der Waals surface area (Å²) in [6.45, 7) is 1.82. The summed E-state index contributed by atoms with van der Waals surface area (Å²) < 4.78 is 37.6. The van der Waals surface area contributed by atoms with Gasteiger partial charge >= 0.3 is 12.1 Å². The van der Waals surface area contributed by atoms with Crippen LogP contribution in [-0.2, 0) is 25.8 Å². The van der Waals surface area contributed by atoms with Crippen molar-refractivity contribution in [2.24, 2.45) is 0 Å². The molecule has 3 amide bonds. The standard InChI is InChI=1S/C20H20F3N3O5/c21-20(22,23)19(30)31-26-16(27)5-4-15(18(26)29)25-10-14-12(11-6-8-24-9-7-11)2-1-3-13(14)17(25)28/h1-3,11,15,24H,4-10H2. The van der Waals surface area contributed by atoms with Gasteiger partial charge in [-0.3, -0.25) is 14.4 Å². The number of piperidine rings is 2. The Morgan fingerprint density at radius 1 is 1.10 bits per heavy atom. The third-order valence-electron chi connectivity index (χ3n) is 5.94. The van der Waals surface area contributed by atoms with Crippen molar-refractivity contribution in [2.45, 2.75) is 50.4 Å². The molecule has 1 atom stereocenters. The molecule has 1 aromatic rings. The Morgan fingerprint density at radius 2 is 1.81 bits per heavy atom. The summed E-state index contributed by atoms with van der Waals surface area (Å²) in [5, 5.41) is 3.12. The normalized spacial score (nSPS) is 22.7. The number of nitrogens with zero attached hydrogens (tertiary/aromatic N) is 2. The van der Waals surface area contributed by atoms with Crippen molar-refractivity contribution < 1.29 is 37.2 Å². The predicted molar refractivity (Wildman–Crippen MR) is 98.2 cm³/mol. The van der Waals surface area contributed by atoms with E-state index in [0.29, 0.717) is 5.56 Å². The predicted octanol–water partition coefficient (Wildman–Crippen LogP) is 1.65. The number of hydrogen-bond acceptors (Lipinski definition) is 6. The zero-order valence-electron chi connectivity index (χ0n) is 16.4. The van der Waals surface area contributed by atoms with Crippen LogP contribution in [0.5, 0.6) is 0 Å². The van der Waals surface area contributed by atoms with E-state index < -0.39 is 35.9 Å². The van der Waals surface area contributed by atoms with Crippen LogP contribution in [-0.4, -0.2) is 59.0 Å². The second-order valence-electron chi connectivity index (χ2n) is 7.79.